The van der Waals surface area contributed by atoms with Crippen LogP contribution in [0.2, 0.25) is 5.32 Å². The van der Waals surface area contributed by atoms with E-state index in [2.05, 4.69) is 23.2 Å². The van der Waals surface area contributed by atoms with Gasteiger partial charge in [0.25, 0.3) is 0 Å². The van der Waals surface area contributed by atoms with E-state index in [1.54, 1.807) is 5.32 Å². The molecule has 0 radical (unpaired) electrons. The Morgan fingerprint density at radius 2 is 1.32 bits per heavy atom. The summed E-state index contributed by atoms with van der Waals surface area (Å²) in [5.74, 6) is 0. The summed E-state index contributed by atoms with van der Waals surface area (Å²) in [5.41, 5.74) is 0. The molecule has 4 heteroatoms. The number of hydrogen-bond acceptors (Lipinski definition) is 0. The van der Waals surface area contributed by atoms with Gasteiger partial charge in [-0.3, -0.25) is 0 Å². The fourth-order valence-electron chi connectivity index (χ4n) is 2.01. The van der Waals surface area contributed by atoms with E-state index < -0.39 is 0 Å². The van der Waals surface area contributed by atoms with Crippen LogP contribution in [0.25, 0.3) is 0 Å². The average molecular weight is 522 g/mol. The second-order valence-electron chi connectivity index (χ2n) is 4.78. The molecule has 0 spiro atoms. The van der Waals surface area contributed by atoms with Gasteiger partial charge >= 0.3 is 142 Å². The second-order valence-corrected chi connectivity index (χ2v) is 30.7. The van der Waals surface area contributed by atoms with Gasteiger partial charge in [0.2, 0.25) is 0 Å². The minimum atomic E-state index is 0.849. The molecular formula is C15H26Se4. The van der Waals surface area contributed by atoms with Crippen LogP contribution < -0.4 is 0 Å². The van der Waals surface area contributed by atoms with Gasteiger partial charge in [-0.15, -0.1) is 0 Å². The van der Waals surface area contributed by atoms with Crippen molar-refractivity contribution in [2.24, 2.45) is 0 Å². The zero-order valence-corrected chi connectivity index (χ0v) is 18.6. The fraction of sp³-hybridized carbons (Fsp3) is 0.733. The summed E-state index contributed by atoms with van der Waals surface area (Å²) in [5, 5.41) is 1.58. The van der Waals surface area contributed by atoms with Gasteiger partial charge in [-0.2, -0.15) is 0 Å². The van der Waals surface area contributed by atoms with Gasteiger partial charge in [-0.25, -0.2) is 0 Å². The molecule has 0 aromatic carbocycles. The molecule has 0 nitrogen and oxygen atoms in total. The van der Waals surface area contributed by atoms with Crippen LogP contribution in [-0.2, 0) is 0 Å². The van der Waals surface area contributed by atoms with Gasteiger partial charge < -0.3 is 0 Å². The first-order valence-electron chi connectivity index (χ1n) is 7.43. The fourth-order valence-corrected chi connectivity index (χ4v) is 38.9. The van der Waals surface area contributed by atoms with Crippen molar-refractivity contribution in [3.63, 3.8) is 0 Å². The van der Waals surface area contributed by atoms with Gasteiger partial charge in [0.1, 0.15) is 0 Å². The molecule has 19 heavy (non-hydrogen) atoms. The van der Waals surface area contributed by atoms with E-state index >= 15 is 0 Å². The van der Waals surface area contributed by atoms with E-state index in [4.69, 9.17) is 0 Å². The van der Waals surface area contributed by atoms with E-state index in [1.807, 2.05) is 0 Å². The van der Waals surface area contributed by atoms with Crippen molar-refractivity contribution in [2.75, 3.05) is 0 Å². The predicted molar refractivity (Wildman–Crippen MR) is 92.3 cm³/mol. The molecule has 1 rings (SSSR count). The van der Waals surface area contributed by atoms with Crippen LogP contribution in [0.1, 0.15) is 64.2 Å². The van der Waals surface area contributed by atoms with Crippen LogP contribution in [0.4, 0.5) is 0 Å². The van der Waals surface area contributed by atoms with Crippen molar-refractivity contribution in [3.05, 3.63) is 23.2 Å². The Morgan fingerprint density at radius 1 is 0.632 bits per heavy atom. The van der Waals surface area contributed by atoms with Crippen LogP contribution >= 0.6 is 0 Å². The van der Waals surface area contributed by atoms with Crippen LogP contribution in [0.15, 0.2) is 23.2 Å². The molecule has 0 unspecified atom stereocenters. The first-order valence-corrected chi connectivity index (χ1v) is 22.6. The topological polar surface area (TPSA) is 0 Å². The molecule has 0 saturated carbocycles. The van der Waals surface area contributed by atoms with E-state index in [0.29, 0.717) is 0 Å². The first kappa shape index (κ1) is 18.6. The number of rotatable bonds is 0. The maximum absolute atomic E-state index is 2.45. The molecule has 0 fully saturated rings. The van der Waals surface area contributed by atoms with Crippen molar-refractivity contribution >= 4 is 48.9 Å². The molecule has 0 atom stereocenters. The Hall–Kier alpha value is 1.56. The van der Waals surface area contributed by atoms with Crippen LogP contribution in [0.5, 0.6) is 0 Å². The first-order chi connectivity index (χ1) is 9.50. The Balaban J connectivity index is 2.12. The zero-order chi connectivity index (χ0) is 13.4. The van der Waals surface area contributed by atoms with E-state index in [1.165, 1.54) is 64.2 Å². The van der Waals surface area contributed by atoms with Crippen molar-refractivity contribution in [1.82, 2.24) is 0 Å². The van der Waals surface area contributed by atoms with Crippen molar-refractivity contribution in [2.45, 2.75) is 69.5 Å². The summed E-state index contributed by atoms with van der Waals surface area (Å²) in [7, 11) is 0. The quantitative estimate of drug-likeness (QED) is 0.423. The summed E-state index contributed by atoms with van der Waals surface area (Å²) in [6, 6.07) is 0. The summed E-state index contributed by atoms with van der Waals surface area (Å²) >= 11 is 3.94. The molecule has 0 bridgehead atoms. The molecule has 0 saturated heterocycles. The Kier molecular flexibility index (Phi) is 15.6. The molecule has 0 aromatic rings. The molecule has 0 amide bonds. The number of hydrogen-bond donors (Lipinski definition) is 0. The van der Waals surface area contributed by atoms with E-state index in [9.17, 15) is 0 Å². The summed E-state index contributed by atoms with van der Waals surface area (Å²) in [6.07, 6.45) is 21.5. The van der Waals surface area contributed by atoms with Gasteiger partial charge in [0.15, 0.2) is 0 Å². The maximum atomic E-state index is 2.45. The Bertz CT molecular complexity index is 214. The molecule has 1 aliphatic heterocycles. The van der Waals surface area contributed by atoms with Gasteiger partial charge in [0.05, 0.1) is 0 Å². The van der Waals surface area contributed by atoms with Crippen LogP contribution in [0, 0.1) is 0 Å². The summed E-state index contributed by atoms with van der Waals surface area (Å²) in [4.78, 5) is 2.45. The third kappa shape index (κ3) is 14.3. The molecular weight excluding hydrogens is 496 g/mol. The molecule has 0 N–H and O–H groups in total. The standard InChI is InChI=1S/C15H26Se4/c1-2-4-6-8-10-12-14-16-18-19-17-15-13-11-9-7-5-3-1/h8,10,12,14H,1-7,9,11,13,15H2. The zero-order valence-electron chi connectivity index (χ0n) is 11.7. The van der Waals surface area contributed by atoms with Gasteiger partial charge in [-0.05, 0) is 0 Å². The SMILES string of the molecule is C1=CCCCCCCCCCCC[Se][Se][Se][Se]C=C1. The summed E-state index contributed by atoms with van der Waals surface area (Å²) < 4.78 is 0. The minimum absolute atomic E-state index is 0.849. The molecule has 1 aliphatic rings. The second kappa shape index (κ2) is 15.9. The van der Waals surface area contributed by atoms with Crippen molar-refractivity contribution in [1.29, 1.82) is 0 Å². The van der Waals surface area contributed by atoms with E-state index in [0.717, 1.165) is 48.9 Å². The number of allylic oxidation sites excluding steroid dienone is 3. The van der Waals surface area contributed by atoms with Crippen LogP contribution in [0.3, 0.4) is 0 Å². The average Bonchev–Trinajstić information content (AvgIpc) is 2.43. The third-order valence-electron chi connectivity index (χ3n) is 3.09. The molecule has 0 aliphatic carbocycles. The molecule has 0 aromatic heterocycles. The predicted octanol–water partition coefficient (Wildman–Crippen LogP) is 3.95. The molecule has 1 heterocycles. The van der Waals surface area contributed by atoms with E-state index in [-0.39, 0.29) is 0 Å². The normalized spacial score (nSPS) is 22.3. The van der Waals surface area contributed by atoms with Crippen molar-refractivity contribution < 1.29 is 0 Å². The Morgan fingerprint density at radius 3 is 2.11 bits per heavy atom. The monoisotopic (exact) mass is 526 g/mol. The Labute approximate surface area is 140 Å². The van der Waals surface area contributed by atoms with Crippen LogP contribution in [-0.4, -0.2) is 48.9 Å². The van der Waals surface area contributed by atoms with Gasteiger partial charge in [0, 0.05) is 0 Å². The van der Waals surface area contributed by atoms with Gasteiger partial charge in [-0.1, -0.05) is 0 Å². The third-order valence-corrected chi connectivity index (χ3v) is 40.0. The van der Waals surface area contributed by atoms with Crippen molar-refractivity contribution in [3.8, 4) is 0 Å². The summed E-state index contributed by atoms with van der Waals surface area (Å²) in [6.45, 7) is 0. The molecule has 110 valence electrons.